The van der Waals surface area contributed by atoms with E-state index in [1.54, 1.807) is 0 Å². The number of rotatable bonds is 2. The minimum Gasteiger partial charge on any atom is -0.306 e. The molecule has 0 bridgehead atoms. The molecule has 3 aliphatic heterocycles. The molecule has 3 fully saturated rings. The van der Waals surface area contributed by atoms with E-state index in [-0.39, 0.29) is 0 Å². The molecule has 3 heteroatoms. The molecular formula is C16H31N3. The Balaban J connectivity index is 1.44. The maximum absolute atomic E-state index is 2.76. The number of likely N-dealkylation sites (tertiary alicyclic amines) is 3. The molecule has 0 N–H and O–H groups in total. The van der Waals surface area contributed by atoms with Gasteiger partial charge in [0.1, 0.15) is 0 Å². The zero-order valence-corrected chi connectivity index (χ0v) is 12.9. The van der Waals surface area contributed by atoms with E-state index in [2.05, 4.69) is 28.8 Å². The van der Waals surface area contributed by atoms with Crippen LogP contribution in [-0.2, 0) is 0 Å². The predicted molar refractivity (Wildman–Crippen MR) is 80.4 cm³/mol. The van der Waals surface area contributed by atoms with Gasteiger partial charge in [-0.15, -0.1) is 0 Å². The molecule has 0 amide bonds. The minimum absolute atomic E-state index is 0.718. The fraction of sp³-hybridized carbons (Fsp3) is 1.00. The number of hydrogen-bond acceptors (Lipinski definition) is 3. The van der Waals surface area contributed by atoms with Gasteiger partial charge in [0.05, 0.1) is 0 Å². The summed E-state index contributed by atoms with van der Waals surface area (Å²) in [6.45, 7) is 9.39. The van der Waals surface area contributed by atoms with Crippen LogP contribution in [0.4, 0.5) is 0 Å². The van der Waals surface area contributed by atoms with Gasteiger partial charge in [-0.25, -0.2) is 0 Å². The van der Waals surface area contributed by atoms with Crippen LogP contribution in [-0.4, -0.2) is 74.6 Å². The number of nitrogens with zero attached hydrogens (tertiary/aromatic N) is 3. The monoisotopic (exact) mass is 265 g/mol. The molecule has 1 atom stereocenters. The van der Waals surface area contributed by atoms with E-state index in [0.29, 0.717) is 0 Å². The first-order valence-electron chi connectivity index (χ1n) is 8.25. The Morgan fingerprint density at radius 3 is 2.05 bits per heavy atom. The summed E-state index contributed by atoms with van der Waals surface area (Å²) in [4.78, 5) is 7.76. The highest BCUT2D eigenvalue weighted by Crippen LogP contribution is 2.41. The highest BCUT2D eigenvalue weighted by molar-refractivity contribution is 4.90. The smallest absolute Gasteiger partial charge is 0.00224 e. The summed E-state index contributed by atoms with van der Waals surface area (Å²) in [7, 11) is 4.54. The maximum atomic E-state index is 2.76. The van der Waals surface area contributed by atoms with Crippen LogP contribution in [0.2, 0.25) is 0 Å². The van der Waals surface area contributed by atoms with Crippen molar-refractivity contribution in [1.82, 2.24) is 14.7 Å². The molecule has 0 aromatic carbocycles. The van der Waals surface area contributed by atoms with Crippen LogP contribution in [0.1, 0.15) is 32.1 Å². The molecule has 110 valence electrons. The molecule has 3 aliphatic rings. The van der Waals surface area contributed by atoms with Gasteiger partial charge in [0, 0.05) is 13.1 Å². The summed E-state index contributed by atoms with van der Waals surface area (Å²) in [6, 6.07) is 0. The Morgan fingerprint density at radius 2 is 1.47 bits per heavy atom. The Hall–Kier alpha value is -0.120. The predicted octanol–water partition coefficient (Wildman–Crippen LogP) is 1.75. The van der Waals surface area contributed by atoms with Crippen LogP contribution in [0.15, 0.2) is 0 Å². The van der Waals surface area contributed by atoms with Crippen LogP contribution in [0.5, 0.6) is 0 Å². The van der Waals surface area contributed by atoms with Crippen molar-refractivity contribution in [1.29, 1.82) is 0 Å². The summed E-state index contributed by atoms with van der Waals surface area (Å²) in [6.07, 6.45) is 7.24. The molecule has 3 nitrogen and oxygen atoms in total. The lowest BCUT2D eigenvalue weighted by atomic mass is 9.71. The van der Waals surface area contributed by atoms with Crippen molar-refractivity contribution < 1.29 is 0 Å². The van der Waals surface area contributed by atoms with Gasteiger partial charge in [0.15, 0.2) is 0 Å². The summed E-state index contributed by atoms with van der Waals surface area (Å²) < 4.78 is 0. The van der Waals surface area contributed by atoms with Crippen molar-refractivity contribution in [2.75, 3.05) is 59.9 Å². The van der Waals surface area contributed by atoms with Gasteiger partial charge >= 0.3 is 0 Å². The van der Waals surface area contributed by atoms with Crippen LogP contribution in [0.3, 0.4) is 0 Å². The lowest BCUT2D eigenvalue weighted by Crippen LogP contribution is -2.47. The molecule has 0 saturated carbocycles. The summed E-state index contributed by atoms with van der Waals surface area (Å²) in [5.74, 6) is 0.941. The van der Waals surface area contributed by atoms with Gasteiger partial charge in [-0.05, 0) is 90.3 Å². The second-order valence-electron chi connectivity index (χ2n) is 7.52. The Morgan fingerprint density at radius 1 is 0.842 bits per heavy atom. The lowest BCUT2D eigenvalue weighted by Gasteiger charge is -2.46. The molecule has 0 aromatic heterocycles. The molecule has 0 aromatic rings. The summed E-state index contributed by atoms with van der Waals surface area (Å²) in [5.41, 5.74) is 0.718. The quantitative estimate of drug-likeness (QED) is 0.753. The Labute approximate surface area is 118 Å². The van der Waals surface area contributed by atoms with E-state index in [4.69, 9.17) is 0 Å². The molecule has 3 heterocycles. The van der Waals surface area contributed by atoms with Gasteiger partial charge in [-0.2, -0.15) is 0 Å². The van der Waals surface area contributed by atoms with Crippen molar-refractivity contribution in [3.8, 4) is 0 Å². The highest BCUT2D eigenvalue weighted by atomic mass is 15.2. The van der Waals surface area contributed by atoms with Gasteiger partial charge in [-0.1, -0.05) is 0 Å². The van der Waals surface area contributed by atoms with Crippen LogP contribution in [0, 0.1) is 11.3 Å². The largest absolute Gasteiger partial charge is 0.306 e. The molecule has 1 spiro atoms. The van der Waals surface area contributed by atoms with Gasteiger partial charge < -0.3 is 14.7 Å². The maximum Gasteiger partial charge on any atom is 0.00224 e. The van der Waals surface area contributed by atoms with Crippen molar-refractivity contribution >= 4 is 0 Å². The van der Waals surface area contributed by atoms with Crippen LogP contribution >= 0.6 is 0 Å². The van der Waals surface area contributed by atoms with Gasteiger partial charge in [0.2, 0.25) is 0 Å². The van der Waals surface area contributed by atoms with Gasteiger partial charge in [0.25, 0.3) is 0 Å². The van der Waals surface area contributed by atoms with Crippen molar-refractivity contribution in [2.45, 2.75) is 32.1 Å². The first-order valence-corrected chi connectivity index (χ1v) is 8.25. The molecule has 0 radical (unpaired) electrons. The molecule has 0 aliphatic carbocycles. The van der Waals surface area contributed by atoms with Crippen molar-refractivity contribution in [3.05, 3.63) is 0 Å². The average Bonchev–Trinajstić information content (AvgIpc) is 2.82. The third kappa shape index (κ3) is 3.32. The minimum atomic E-state index is 0.718. The van der Waals surface area contributed by atoms with Crippen LogP contribution < -0.4 is 0 Å². The number of piperidine rings is 2. The molecule has 3 rings (SSSR count). The fourth-order valence-electron chi connectivity index (χ4n) is 4.34. The Kier molecular flexibility index (Phi) is 4.16. The van der Waals surface area contributed by atoms with E-state index >= 15 is 0 Å². The molecular weight excluding hydrogens is 234 g/mol. The molecule has 19 heavy (non-hydrogen) atoms. The third-order valence-electron chi connectivity index (χ3n) is 5.97. The lowest BCUT2D eigenvalue weighted by molar-refractivity contribution is 0.0378. The fourth-order valence-corrected chi connectivity index (χ4v) is 4.34. The standard InChI is InChI=1S/C16H31N3/c1-17-9-4-16(5-10-17)6-11-19(12-7-16)14-15-3-8-18(2)13-15/h15H,3-14H2,1-2H3. The van der Waals surface area contributed by atoms with Gasteiger partial charge in [-0.3, -0.25) is 0 Å². The topological polar surface area (TPSA) is 9.72 Å². The van der Waals surface area contributed by atoms with E-state index in [1.165, 1.54) is 77.9 Å². The number of hydrogen-bond donors (Lipinski definition) is 0. The van der Waals surface area contributed by atoms with E-state index < -0.39 is 0 Å². The van der Waals surface area contributed by atoms with E-state index in [1.807, 2.05) is 0 Å². The zero-order chi connectivity index (χ0) is 13.3. The van der Waals surface area contributed by atoms with Crippen molar-refractivity contribution in [2.24, 2.45) is 11.3 Å². The van der Waals surface area contributed by atoms with Crippen molar-refractivity contribution in [3.63, 3.8) is 0 Å². The van der Waals surface area contributed by atoms with E-state index in [0.717, 1.165) is 11.3 Å². The first-order chi connectivity index (χ1) is 9.15. The summed E-state index contributed by atoms with van der Waals surface area (Å²) >= 11 is 0. The van der Waals surface area contributed by atoms with E-state index in [9.17, 15) is 0 Å². The zero-order valence-electron chi connectivity index (χ0n) is 12.9. The first kappa shape index (κ1) is 13.8. The molecule has 3 saturated heterocycles. The summed E-state index contributed by atoms with van der Waals surface area (Å²) in [5, 5.41) is 0. The Bertz CT molecular complexity index is 286. The second kappa shape index (κ2) is 5.71. The average molecular weight is 265 g/mol. The molecule has 1 unspecified atom stereocenters. The highest BCUT2D eigenvalue weighted by Gasteiger charge is 2.37. The SMILES string of the molecule is CN1CCC2(CC1)CCN(CC1CCN(C)C1)CC2. The third-order valence-corrected chi connectivity index (χ3v) is 5.97. The van der Waals surface area contributed by atoms with Crippen LogP contribution in [0.25, 0.3) is 0 Å². The normalized spacial score (nSPS) is 34.1. The second-order valence-corrected chi connectivity index (χ2v) is 7.52.